The van der Waals surface area contributed by atoms with Crippen LogP contribution in [-0.4, -0.2) is 29.4 Å². The van der Waals surface area contributed by atoms with Gasteiger partial charge in [0.05, 0.1) is 6.04 Å². The molecule has 21 heavy (non-hydrogen) atoms. The van der Waals surface area contributed by atoms with Crippen molar-refractivity contribution in [3.63, 3.8) is 0 Å². The lowest BCUT2D eigenvalue weighted by molar-refractivity contribution is -0.126. The van der Waals surface area contributed by atoms with E-state index in [1.165, 1.54) is 0 Å². The minimum atomic E-state index is -0.154. The van der Waals surface area contributed by atoms with E-state index < -0.39 is 0 Å². The summed E-state index contributed by atoms with van der Waals surface area (Å²) < 4.78 is 0. The summed E-state index contributed by atoms with van der Waals surface area (Å²) in [4.78, 5) is 14.5. The highest BCUT2D eigenvalue weighted by Gasteiger charge is 2.22. The highest BCUT2D eigenvalue weighted by Crippen LogP contribution is 2.15. The Morgan fingerprint density at radius 1 is 1.29 bits per heavy atom. The number of rotatable bonds is 8. The van der Waals surface area contributed by atoms with Crippen LogP contribution in [0.25, 0.3) is 0 Å². The number of nitrogens with zero attached hydrogens (tertiary/aromatic N) is 1. The number of carbonyl (C=O) groups is 1. The summed E-state index contributed by atoms with van der Waals surface area (Å²) in [7, 11) is 0. The molecule has 118 valence electrons. The lowest BCUT2D eigenvalue weighted by Gasteiger charge is -2.29. The Labute approximate surface area is 128 Å². The second-order valence-electron chi connectivity index (χ2n) is 5.66. The third kappa shape index (κ3) is 5.38. The lowest BCUT2D eigenvalue weighted by Crippen LogP contribution is -2.47. The monoisotopic (exact) mass is 291 g/mol. The van der Waals surface area contributed by atoms with Crippen LogP contribution in [0.4, 0.5) is 5.69 Å². The van der Waals surface area contributed by atoms with Gasteiger partial charge < -0.3 is 11.1 Å². The Morgan fingerprint density at radius 3 is 2.52 bits per heavy atom. The average molecular weight is 291 g/mol. The van der Waals surface area contributed by atoms with Crippen LogP contribution >= 0.6 is 0 Å². The molecule has 4 nitrogen and oxygen atoms in total. The molecular formula is C17H29N3O. The van der Waals surface area contributed by atoms with Crippen LogP contribution in [0.15, 0.2) is 24.3 Å². The first-order valence-electron chi connectivity index (χ1n) is 7.87. The first-order chi connectivity index (χ1) is 9.99. The number of para-hydroxylation sites is 1. The fourth-order valence-electron chi connectivity index (χ4n) is 2.23. The number of hydrogen-bond acceptors (Lipinski definition) is 3. The topological polar surface area (TPSA) is 58.4 Å². The van der Waals surface area contributed by atoms with E-state index in [1.54, 1.807) is 0 Å². The fraction of sp³-hybridized carbons (Fsp3) is 0.588. The van der Waals surface area contributed by atoms with Gasteiger partial charge >= 0.3 is 0 Å². The van der Waals surface area contributed by atoms with Gasteiger partial charge in [-0.2, -0.15) is 0 Å². The average Bonchev–Trinajstić information content (AvgIpc) is 2.47. The summed E-state index contributed by atoms with van der Waals surface area (Å²) in [6.45, 7) is 9.78. The van der Waals surface area contributed by atoms with Gasteiger partial charge in [-0.25, -0.2) is 0 Å². The molecule has 0 heterocycles. The van der Waals surface area contributed by atoms with Gasteiger partial charge in [0.15, 0.2) is 0 Å². The maximum absolute atomic E-state index is 12.3. The molecule has 2 unspecified atom stereocenters. The zero-order valence-corrected chi connectivity index (χ0v) is 13.7. The molecule has 0 spiro atoms. The molecule has 0 aliphatic carbocycles. The van der Waals surface area contributed by atoms with Gasteiger partial charge in [-0.1, -0.05) is 32.0 Å². The van der Waals surface area contributed by atoms with Gasteiger partial charge in [-0.05, 0) is 44.9 Å². The smallest absolute Gasteiger partial charge is 0.237 e. The Bertz CT molecular complexity index is 447. The van der Waals surface area contributed by atoms with Gasteiger partial charge in [-0.3, -0.25) is 9.69 Å². The largest absolute Gasteiger partial charge is 0.398 e. The summed E-state index contributed by atoms with van der Waals surface area (Å²) in [6, 6.07) is 7.91. The minimum absolute atomic E-state index is 0.0901. The molecule has 0 saturated carbocycles. The van der Waals surface area contributed by atoms with Crippen LogP contribution in [0.2, 0.25) is 0 Å². The van der Waals surface area contributed by atoms with Crippen LogP contribution in [0.1, 0.15) is 46.1 Å². The van der Waals surface area contributed by atoms with E-state index in [-0.39, 0.29) is 18.0 Å². The zero-order chi connectivity index (χ0) is 15.8. The van der Waals surface area contributed by atoms with Crippen molar-refractivity contribution in [1.82, 2.24) is 10.2 Å². The van der Waals surface area contributed by atoms with Gasteiger partial charge in [0.25, 0.3) is 0 Å². The minimum Gasteiger partial charge on any atom is -0.398 e. The quantitative estimate of drug-likeness (QED) is 0.724. The number of carbonyl (C=O) groups excluding carboxylic acids is 1. The molecule has 4 heteroatoms. The number of amides is 1. The third-order valence-corrected chi connectivity index (χ3v) is 3.87. The molecule has 0 aromatic heterocycles. The highest BCUT2D eigenvalue weighted by atomic mass is 16.2. The second-order valence-corrected chi connectivity index (χ2v) is 5.66. The van der Waals surface area contributed by atoms with Crippen LogP contribution < -0.4 is 11.1 Å². The Hall–Kier alpha value is -1.55. The molecule has 0 saturated heterocycles. The van der Waals surface area contributed by atoms with Crippen LogP contribution in [0.3, 0.4) is 0 Å². The van der Waals surface area contributed by atoms with Crippen molar-refractivity contribution >= 4 is 11.6 Å². The van der Waals surface area contributed by atoms with Crippen molar-refractivity contribution in [2.75, 3.05) is 12.3 Å². The number of nitrogen functional groups attached to an aromatic ring is 1. The zero-order valence-electron chi connectivity index (χ0n) is 13.7. The molecule has 2 atom stereocenters. The number of nitrogens with one attached hydrogen (secondary N) is 1. The molecule has 0 radical (unpaired) electrons. The first kappa shape index (κ1) is 17.5. The van der Waals surface area contributed by atoms with Gasteiger partial charge in [0, 0.05) is 18.3 Å². The Morgan fingerprint density at radius 2 is 1.95 bits per heavy atom. The molecule has 3 N–H and O–H groups in total. The number of hydrogen-bond donors (Lipinski definition) is 2. The Balaban J connectivity index is 2.76. The van der Waals surface area contributed by atoms with Crippen molar-refractivity contribution in [2.45, 2.75) is 59.2 Å². The summed E-state index contributed by atoms with van der Waals surface area (Å²) in [5.41, 5.74) is 7.88. The molecule has 1 rings (SSSR count). The van der Waals surface area contributed by atoms with E-state index in [0.717, 1.165) is 30.6 Å². The molecule has 0 bridgehead atoms. The van der Waals surface area contributed by atoms with Gasteiger partial charge in [0.2, 0.25) is 5.91 Å². The predicted molar refractivity (Wildman–Crippen MR) is 88.9 cm³/mol. The summed E-state index contributed by atoms with van der Waals surface area (Å²) in [5, 5.41) is 3.06. The van der Waals surface area contributed by atoms with Crippen LogP contribution in [0.5, 0.6) is 0 Å². The van der Waals surface area contributed by atoms with Crippen molar-refractivity contribution < 1.29 is 4.79 Å². The molecule has 0 aliphatic heterocycles. The van der Waals surface area contributed by atoms with E-state index in [1.807, 2.05) is 38.1 Å². The van der Waals surface area contributed by atoms with E-state index in [0.29, 0.717) is 6.54 Å². The van der Waals surface area contributed by atoms with Crippen molar-refractivity contribution in [3.05, 3.63) is 29.8 Å². The van der Waals surface area contributed by atoms with E-state index >= 15 is 0 Å². The molecule has 0 aliphatic rings. The van der Waals surface area contributed by atoms with E-state index in [2.05, 4.69) is 24.1 Å². The van der Waals surface area contributed by atoms with Crippen LogP contribution in [0, 0.1) is 0 Å². The van der Waals surface area contributed by atoms with Crippen molar-refractivity contribution in [1.29, 1.82) is 0 Å². The SMILES string of the molecule is CCCN(Cc1ccccc1N)C(C)C(=O)NC(C)CC. The summed E-state index contributed by atoms with van der Waals surface area (Å²) >= 11 is 0. The molecule has 1 aromatic rings. The summed E-state index contributed by atoms with van der Waals surface area (Å²) in [5.74, 6) is 0.0901. The van der Waals surface area contributed by atoms with Gasteiger partial charge in [-0.15, -0.1) is 0 Å². The summed E-state index contributed by atoms with van der Waals surface area (Å²) in [6.07, 6.45) is 1.95. The molecular weight excluding hydrogens is 262 g/mol. The molecule has 1 aromatic carbocycles. The lowest BCUT2D eigenvalue weighted by atomic mass is 10.1. The number of benzene rings is 1. The van der Waals surface area contributed by atoms with E-state index in [4.69, 9.17) is 5.73 Å². The van der Waals surface area contributed by atoms with Crippen molar-refractivity contribution in [2.24, 2.45) is 0 Å². The Kier molecular flexibility index (Phi) is 7.23. The maximum atomic E-state index is 12.3. The maximum Gasteiger partial charge on any atom is 0.237 e. The number of anilines is 1. The second kappa shape index (κ2) is 8.67. The van der Waals surface area contributed by atoms with Crippen molar-refractivity contribution in [3.8, 4) is 0 Å². The van der Waals surface area contributed by atoms with E-state index in [9.17, 15) is 4.79 Å². The van der Waals surface area contributed by atoms with Gasteiger partial charge in [0.1, 0.15) is 0 Å². The standard InChI is InChI=1S/C17H29N3O/c1-5-11-20(12-15-9-7-8-10-16(15)18)14(4)17(21)19-13(3)6-2/h7-10,13-14H,5-6,11-12,18H2,1-4H3,(H,19,21). The third-order valence-electron chi connectivity index (χ3n) is 3.87. The fourth-order valence-corrected chi connectivity index (χ4v) is 2.23. The predicted octanol–water partition coefficient (Wildman–Crippen LogP) is 2.78. The highest BCUT2D eigenvalue weighted by molar-refractivity contribution is 5.81. The first-order valence-corrected chi connectivity index (χ1v) is 7.87. The molecule has 1 amide bonds. The normalized spacial score (nSPS) is 14.0. The molecule has 0 fully saturated rings. The number of nitrogens with two attached hydrogens (primary N) is 1. The van der Waals surface area contributed by atoms with Crippen LogP contribution in [-0.2, 0) is 11.3 Å².